The molecule has 34 heavy (non-hydrogen) atoms. The molecule has 4 nitrogen and oxygen atoms in total. The summed E-state index contributed by atoms with van der Waals surface area (Å²) in [5.41, 5.74) is 3.00. The van der Waals surface area contributed by atoms with Gasteiger partial charge in [-0.25, -0.2) is 0 Å². The molecule has 0 radical (unpaired) electrons. The predicted molar refractivity (Wildman–Crippen MR) is 139 cm³/mol. The molecule has 3 saturated carbocycles. The van der Waals surface area contributed by atoms with Crippen LogP contribution in [-0.4, -0.2) is 44.8 Å². The minimum absolute atomic E-state index is 0.0798. The standard InChI is InChI=1S/C30H50O4/c1-20(9-6-16-29(3,4)34)25-14-15-26-22(10-7-17-30(25,26)5)12-13-23-19-27(32)24(11-8-18-31)28(33)21(23)2/h12-13,20,24-28,31-34H,2,6-11,14-19H2,1,3-5H3/t20-,24-,25-,26+,27-,28-,30-/m1/s1. The smallest absolute Gasteiger partial charge is 0.0839 e. The maximum absolute atomic E-state index is 10.7. The summed E-state index contributed by atoms with van der Waals surface area (Å²) in [7, 11) is 0. The highest BCUT2D eigenvalue weighted by Gasteiger charge is 2.50. The van der Waals surface area contributed by atoms with Gasteiger partial charge in [-0.3, -0.25) is 0 Å². The third-order valence-corrected chi connectivity index (χ3v) is 9.47. The van der Waals surface area contributed by atoms with Crippen LogP contribution < -0.4 is 0 Å². The number of hydrogen-bond donors (Lipinski definition) is 4. The van der Waals surface area contributed by atoms with Gasteiger partial charge in [-0.15, -0.1) is 0 Å². The molecule has 4 N–H and O–H groups in total. The highest BCUT2D eigenvalue weighted by Crippen LogP contribution is 2.60. The number of hydrogen-bond acceptors (Lipinski definition) is 4. The molecule has 0 aromatic rings. The van der Waals surface area contributed by atoms with E-state index < -0.39 is 17.8 Å². The van der Waals surface area contributed by atoms with Gasteiger partial charge in [0.2, 0.25) is 0 Å². The lowest BCUT2D eigenvalue weighted by molar-refractivity contribution is 0.0112. The second-order valence-electron chi connectivity index (χ2n) is 12.5. The van der Waals surface area contributed by atoms with Gasteiger partial charge in [0.15, 0.2) is 0 Å². The van der Waals surface area contributed by atoms with Crippen molar-refractivity contribution < 1.29 is 20.4 Å². The zero-order chi connectivity index (χ0) is 25.1. The van der Waals surface area contributed by atoms with Crippen molar-refractivity contribution in [2.24, 2.45) is 29.1 Å². The molecule has 0 spiro atoms. The molecule has 0 aliphatic heterocycles. The van der Waals surface area contributed by atoms with Gasteiger partial charge in [-0.1, -0.05) is 51.0 Å². The first-order valence-electron chi connectivity index (χ1n) is 13.8. The molecule has 0 unspecified atom stereocenters. The molecular formula is C30H50O4. The van der Waals surface area contributed by atoms with Crippen LogP contribution in [0.5, 0.6) is 0 Å². The fourth-order valence-corrected chi connectivity index (χ4v) is 7.50. The monoisotopic (exact) mass is 474 g/mol. The number of aliphatic hydroxyl groups is 4. The summed E-state index contributed by atoms with van der Waals surface area (Å²) in [5, 5.41) is 40.6. The summed E-state index contributed by atoms with van der Waals surface area (Å²) >= 11 is 0. The molecule has 3 aliphatic rings. The lowest BCUT2D eigenvalue weighted by atomic mass is 9.60. The Morgan fingerprint density at radius 3 is 2.59 bits per heavy atom. The number of fused-ring (bicyclic) bond motifs is 1. The summed E-state index contributed by atoms with van der Waals surface area (Å²) in [4.78, 5) is 0. The summed E-state index contributed by atoms with van der Waals surface area (Å²) in [6.45, 7) is 13.0. The van der Waals surface area contributed by atoms with Crippen LogP contribution in [0.15, 0.2) is 35.5 Å². The highest BCUT2D eigenvalue weighted by molar-refractivity contribution is 5.39. The number of rotatable bonds is 9. The third kappa shape index (κ3) is 6.24. The zero-order valence-corrected chi connectivity index (χ0v) is 22.1. The van der Waals surface area contributed by atoms with Crippen molar-refractivity contribution in [2.75, 3.05) is 6.61 Å². The molecule has 7 atom stereocenters. The van der Waals surface area contributed by atoms with E-state index in [0.29, 0.717) is 36.5 Å². The Morgan fingerprint density at radius 1 is 1.18 bits per heavy atom. The fourth-order valence-electron chi connectivity index (χ4n) is 7.50. The van der Waals surface area contributed by atoms with Crippen LogP contribution >= 0.6 is 0 Å². The van der Waals surface area contributed by atoms with Crippen molar-refractivity contribution in [1.29, 1.82) is 0 Å². The van der Waals surface area contributed by atoms with Crippen LogP contribution in [0, 0.1) is 29.1 Å². The van der Waals surface area contributed by atoms with E-state index in [-0.39, 0.29) is 12.5 Å². The van der Waals surface area contributed by atoms with Crippen molar-refractivity contribution in [3.05, 3.63) is 35.5 Å². The molecule has 3 fully saturated rings. The molecule has 0 amide bonds. The van der Waals surface area contributed by atoms with Gasteiger partial charge in [0.05, 0.1) is 17.8 Å². The molecule has 0 heterocycles. The lowest BCUT2D eigenvalue weighted by Gasteiger charge is -2.44. The van der Waals surface area contributed by atoms with Gasteiger partial charge in [0.25, 0.3) is 0 Å². The van der Waals surface area contributed by atoms with Gasteiger partial charge in [-0.2, -0.15) is 0 Å². The molecule has 4 heteroatoms. The zero-order valence-electron chi connectivity index (χ0n) is 22.1. The first-order valence-corrected chi connectivity index (χ1v) is 13.8. The van der Waals surface area contributed by atoms with Crippen molar-refractivity contribution in [1.82, 2.24) is 0 Å². The van der Waals surface area contributed by atoms with Crippen molar-refractivity contribution >= 4 is 0 Å². The van der Waals surface area contributed by atoms with Gasteiger partial charge < -0.3 is 20.4 Å². The van der Waals surface area contributed by atoms with E-state index in [1.807, 2.05) is 13.8 Å². The van der Waals surface area contributed by atoms with Gasteiger partial charge in [-0.05, 0) is 106 Å². The van der Waals surface area contributed by atoms with E-state index in [4.69, 9.17) is 5.11 Å². The van der Waals surface area contributed by atoms with Crippen molar-refractivity contribution in [2.45, 2.75) is 116 Å². The van der Waals surface area contributed by atoms with E-state index in [2.05, 4.69) is 32.6 Å². The first-order chi connectivity index (χ1) is 16.0. The Kier molecular flexibility index (Phi) is 9.28. The van der Waals surface area contributed by atoms with Crippen molar-refractivity contribution in [3.8, 4) is 0 Å². The Bertz CT molecular complexity index is 760. The van der Waals surface area contributed by atoms with Gasteiger partial charge >= 0.3 is 0 Å². The molecule has 0 bridgehead atoms. The molecule has 0 aromatic carbocycles. The summed E-state index contributed by atoms with van der Waals surface area (Å²) < 4.78 is 0. The Labute approximate surface area is 207 Å². The second-order valence-corrected chi connectivity index (χ2v) is 12.5. The lowest BCUT2D eigenvalue weighted by Crippen LogP contribution is -2.38. The Balaban J connectivity index is 1.69. The van der Waals surface area contributed by atoms with Crippen LogP contribution in [0.4, 0.5) is 0 Å². The summed E-state index contributed by atoms with van der Waals surface area (Å²) in [5.74, 6) is 1.78. The van der Waals surface area contributed by atoms with Crippen molar-refractivity contribution in [3.63, 3.8) is 0 Å². The van der Waals surface area contributed by atoms with Gasteiger partial charge in [0.1, 0.15) is 0 Å². The molecular weight excluding hydrogens is 424 g/mol. The summed E-state index contributed by atoms with van der Waals surface area (Å²) in [6, 6.07) is 0. The normalized spacial score (nSPS) is 37.9. The van der Waals surface area contributed by atoms with Crippen LogP contribution in [0.25, 0.3) is 0 Å². The minimum Gasteiger partial charge on any atom is -0.396 e. The first kappa shape index (κ1) is 27.6. The van der Waals surface area contributed by atoms with Crippen LogP contribution in [0.2, 0.25) is 0 Å². The van der Waals surface area contributed by atoms with E-state index in [1.165, 1.54) is 37.7 Å². The van der Waals surface area contributed by atoms with E-state index in [0.717, 1.165) is 36.3 Å². The average molecular weight is 475 g/mol. The quantitative estimate of drug-likeness (QED) is 0.345. The highest BCUT2D eigenvalue weighted by atomic mass is 16.3. The predicted octanol–water partition coefficient (Wildman–Crippen LogP) is 5.70. The maximum Gasteiger partial charge on any atom is 0.0839 e. The molecule has 3 aliphatic carbocycles. The number of allylic oxidation sites excluding steroid dienone is 3. The molecule has 0 aromatic heterocycles. The average Bonchev–Trinajstić information content (AvgIpc) is 3.12. The Morgan fingerprint density at radius 2 is 1.91 bits per heavy atom. The minimum atomic E-state index is -0.739. The molecule has 3 rings (SSSR count). The molecule has 0 saturated heterocycles. The van der Waals surface area contributed by atoms with E-state index >= 15 is 0 Å². The van der Waals surface area contributed by atoms with E-state index in [9.17, 15) is 15.3 Å². The molecule has 194 valence electrons. The fraction of sp³-hybridized carbons (Fsp3) is 0.800. The third-order valence-electron chi connectivity index (χ3n) is 9.47. The van der Waals surface area contributed by atoms with Gasteiger partial charge in [0, 0.05) is 12.5 Å². The topological polar surface area (TPSA) is 80.9 Å². The largest absolute Gasteiger partial charge is 0.396 e. The second kappa shape index (κ2) is 11.4. The van der Waals surface area contributed by atoms with Crippen LogP contribution in [0.3, 0.4) is 0 Å². The SMILES string of the molecule is C=C1C(=CC=C2CCC[C@]3(C)[C@@H]([C@H](C)CCCC(C)(C)O)CC[C@@H]23)C[C@@H](O)[C@@H](CCCO)[C@@H]1O. The number of aliphatic hydroxyl groups excluding tert-OH is 3. The maximum atomic E-state index is 10.7. The van der Waals surface area contributed by atoms with Crippen LogP contribution in [-0.2, 0) is 0 Å². The Hall–Kier alpha value is -0.940. The van der Waals surface area contributed by atoms with Crippen LogP contribution in [0.1, 0.15) is 98.3 Å². The van der Waals surface area contributed by atoms with E-state index in [1.54, 1.807) is 0 Å². The summed E-state index contributed by atoms with van der Waals surface area (Å²) in [6.07, 6.45) is 14.2.